The quantitative estimate of drug-likeness (QED) is 0.644. The highest BCUT2D eigenvalue weighted by Gasteiger charge is 2.28. The van der Waals surface area contributed by atoms with E-state index in [2.05, 4.69) is 38.7 Å². The molecule has 4 heterocycles. The zero-order valence-corrected chi connectivity index (χ0v) is 18.6. The summed E-state index contributed by atoms with van der Waals surface area (Å²) in [6.45, 7) is 9.54. The Morgan fingerprint density at radius 1 is 1.23 bits per heavy atom. The van der Waals surface area contributed by atoms with E-state index in [4.69, 9.17) is 12.2 Å². The summed E-state index contributed by atoms with van der Waals surface area (Å²) in [6, 6.07) is 5.94. The van der Waals surface area contributed by atoms with Gasteiger partial charge >= 0.3 is 0 Å². The number of nitrogens with one attached hydrogen (secondary N) is 1. The summed E-state index contributed by atoms with van der Waals surface area (Å²) >= 11 is 5.37. The molecule has 1 saturated heterocycles. The molecule has 3 aromatic heterocycles. The van der Waals surface area contributed by atoms with Crippen molar-refractivity contribution < 1.29 is 4.79 Å². The van der Waals surface area contributed by atoms with E-state index >= 15 is 0 Å². The van der Waals surface area contributed by atoms with Gasteiger partial charge in [-0.2, -0.15) is 10.2 Å². The molecule has 8 nitrogen and oxygen atoms in total. The molecule has 1 fully saturated rings. The molecular weight excluding hydrogens is 398 g/mol. The van der Waals surface area contributed by atoms with Gasteiger partial charge in [0.2, 0.25) is 0 Å². The van der Waals surface area contributed by atoms with E-state index in [9.17, 15) is 4.79 Å². The van der Waals surface area contributed by atoms with Crippen LogP contribution in [0.25, 0.3) is 5.82 Å². The Bertz CT molecular complexity index is 1100. The van der Waals surface area contributed by atoms with Gasteiger partial charge < -0.3 is 9.47 Å². The molecular formula is C21H27N7OS. The summed E-state index contributed by atoms with van der Waals surface area (Å²) < 4.78 is 4.53. The highest BCUT2D eigenvalue weighted by atomic mass is 32.1. The monoisotopic (exact) mass is 425 g/mol. The van der Waals surface area contributed by atoms with Crippen molar-refractivity contribution in [3.63, 3.8) is 0 Å². The van der Waals surface area contributed by atoms with Crippen LogP contribution in [0.1, 0.15) is 66.2 Å². The molecule has 9 heteroatoms. The smallest absolute Gasteiger partial charge is 0.255 e. The molecule has 0 radical (unpaired) electrons. The van der Waals surface area contributed by atoms with Crippen LogP contribution in [0.5, 0.6) is 0 Å². The Labute approximate surface area is 180 Å². The minimum absolute atomic E-state index is 0.0172. The lowest BCUT2D eigenvalue weighted by atomic mass is 9.95. The summed E-state index contributed by atoms with van der Waals surface area (Å²) in [6.07, 6.45) is 3.38. The summed E-state index contributed by atoms with van der Waals surface area (Å²) in [5.74, 6) is 2.03. The van der Waals surface area contributed by atoms with Crippen LogP contribution in [-0.4, -0.2) is 53.4 Å². The summed E-state index contributed by atoms with van der Waals surface area (Å²) in [4.78, 5) is 19.3. The number of carbonyl (C=O) groups is 1. The van der Waals surface area contributed by atoms with Gasteiger partial charge in [-0.25, -0.2) is 9.67 Å². The van der Waals surface area contributed by atoms with Crippen molar-refractivity contribution >= 4 is 18.1 Å². The Morgan fingerprint density at radius 2 is 1.97 bits per heavy atom. The van der Waals surface area contributed by atoms with Crippen LogP contribution in [0.4, 0.5) is 0 Å². The molecule has 0 bridgehead atoms. The van der Waals surface area contributed by atoms with Crippen LogP contribution < -0.4 is 0 Å². The average molecular weight is 426 g/mol. The number of nitrogens with zero attached hydrogens (tertiary/aromatic N) is 6. The molecule has 4 rings (SSSR count). The van der Waals surface area contributed by atoms with Gasteiger partial charge in [-0.3, -0.25) is 9.89 Å². The molecule has 1 aliphatic heterocycles. The SMILES string of the molecule is Cc1cc(C)n(-c2ccc(C(=O)N3CCC(c4n[nH]c(=S)n4C(C)C)CC3)cn2)n1. The molecule has 3 aromatic rings. The molecule has 1 amide bonds. The topological polar surface area (TPSA) is 84.6 Å². The molecule has 158 valence electrons. The number of hydrogen-bond acceptors (Lipinski definition) is 5. The second kappa shape index (κ2) is 8.14. The predicted octanol–water partition coefficient (Wildman–Crippen LogP) is 3.74. The van der Waals surface area contributed by atoms with Gasteiger partial charge in [0, 0.05) is 36.9 Å². The van der Waals surface area contributed by atoms with Crippen molar-refractivity contribution in [3.8, 4) is 5.82 Å². The standard InChI is InChI=1S/C21H27N7OS/c1-13(2)27-19(23-24-21(27)30)16-7-9-26(10-8-16)20(29)17-5-6-18(22-12-17)28-15(4)11-14(3)25-28/h5-6,11-13,16H,7-10H2,1-4H3,(H,24,30). The fourth-order valence-corrected chi connectivity index (χ4v) is 4.48. The number of aryl methyl sites for hydroxylation is 2. The number of rotatable bonds is 4. The number of aromatic amines is 1. The van der Waals surface area contributed by atoms with Crippen molar-refractivity contribution in [2.45, 2.75) is 52.5 Å². The third kappa shape index (κ3) is 3.81. The Morgan fingerprint density at radius 3 is 2.53 bits per heavy atom. The molecule has 0 spiro atoms. The van der Waals surface area contributed by atoms with Crippen LogP contribution >= 0.6 is 12.2 Å². The van der Waals surface area contributed by atoms with Gasteiger partial charge in [-0.1, -0.05) is 0 Å². The number of hydrogen-bond donors (Lipinski definition) is 1. The van der Waals surface area contributed by atoms with E-state index in [0.717, 1.165) is 30.1 Å². The van der Waals surface area contributed by atoms with Gasteiger partial charge in [0.25, 0.3) is 5.91 Å². The lowest BCUT2D eigenvalue weighted by Crippen LogP contribution is -2.38. The van der Waals surface area contributed by atoms with E-state index in [1.807, 2.05) is 36.9 Å². The third-order valence-electron chi connectivity index (χ3n) is 5.62. The largest absolute Gasteiger partial charge is 0.339 e. The number of aromatic nitrogens is 6. The average Bonchev–Trinajstić information content (AvgIpc) is 3.29. The van der Waals surface area contributed by atoms with Gasteiger partial charge in [0.05, 0.1) is 11.3 Å². The first-order valence-corrected chi connectivity index (χ1v) is 10.7. The van der Waals surface area contributed by atoms with Crippen molar-refractivity contribution in [3.05, 3.63) is 51.9 Å². The molecule has 1 N–H and O–H groups in total. The maximum absolute atomic E-state index is 13.0. The van der Waals surface area contributed by atoms with Crippen LogP contribution in [-0.2, 0) is 0 Å². The maximum atomic E-state index is 13.0. The first-order chi connectivity index (χ1) is 14.3. The van der Waals surface area contributed by atoms with E-state index < -0.39 is 0 Å². The van der Waals surface area contributed by atoms with Crippen LogP contribution in [0.2, 0.25) is 0 Å². The fraction of sp³-hybridized carbons (Fsp3) is 0.476. The normalized spacial score (nSPS) is 15.2. The second-order valence-corrected chi connectivity index (χ2v) is 8.55. The second-order valence-electron chi connectivity index (χ2n) is 8.16. The maximum Gasteiger partial charge on any atom is 0.255 e. The number of likely N-dealkylation sites (tertiary alicyclic amines) is 1. The molecule has 0 aliphatic carbocycles. The van der Waals surface area contributed by atoms with E-state index in [1.165, 1.54) is 0 Å². The molecule has 0 aromatic carbocycles. The van der Waals surface area contributed by atoms with Gasteiger partial charge in [0.15, 0.2) is 10.6 Å². The number of carbonyl (C=O) groups excluding carboxylic acids is 1. The minimum Gasteiger partial charge on any atom is -0.339 e. The van der Waals surface area contributed by atoms with Crippen molar-refractivity contribution in [2.75, 3.05) is 13.1 Å². The lowest BCUT2D eigenvalue weighted by molar-refractivity contribution is 0.0709. The molecule has 1 aliphatic rings. The van der Waals surface area contributed by atoms with E-state index in [0.29, 0.717) is 35.2 Å². The highest BCUT2D eigenvalue weighted by molar-refractivity contribution is 7.71. The first-order valence-electron chi connectivity index (χ1n) is 10.3. The Balaban J connectivity index is 1.43. The van der Waals surface area contributed by atoms with Crippen molar-refractivity contribution in [1.82, 2.24) is 34.4 Å². The fourth-order valence-electron chi connectivity index (χ4n) is 4.13. The number of amides is 1. The zero-order chi connectivity index (χ0) is 21.4. The van der Waals surface area contributed by atoms with E-state index in [1.54, 1.807) is 10.9 Å². The van der Waals surface area contributed by atoms with E-state index in [-0.39, 0.29) is 11.9 Å². The summed E-state index contributed by atoms with van der Waals surface area (Å²) in [5.41, 5.74) is 2.56. The van der Waals surface area contributed by atoms with Gasteiger partial charge in [0.1, 0.15) is 5.82 Å². The van der Waals surface area contributed by atoms with Crippen LogP contribution in [0.3, 0.4) is 0 Å². The summed E-state index contributed by atoms with van der Waals surface area (Å²) in [5, 5.41) is 11.8. The predicted molar refractivity (Wildman–Crippen MR) is 117 cm³/mol. The number of piperidine rings is 1. The van der Waals surface area contributed by atoms with Crippen molar-refractivity contribution in [1.29, 1.82) is 0 Å². The Kier molecular flexibility index (Phi) is 5.55. The third-order valence-corrected chi connectivity index (χ3v) is 5.90. The number of pyridine rings is 1. The highest BCUT2D eigenvalue weighted by Crippen LogP contribution is 2.29. The van der Waals surface area contributed by atoms with Gasteiger partial charge in [-0.15, -0.1) is 0 Å². The molecule has 0 atom stereocenters. The lowest BCUT2D eigenvalue weighted by Gasteiger charge is -2.32. The molecule has 0 unspecified atom stereocenters. The van der Waals surface area contributed by atoms with Crippen LogP contribution in [0.15, 0.2) is 24.4 Å². The molecule has 30 heavy (non-hydrogen) atoms. The minimum atomic E-state index is 0.0172. The van der Waals surface area contributed by atoms with Gasteiger partial charge in [-0.05, 0) is 71.0 Å². The van der Waals surface area contributed by atoms with Crippen molar-refractivity contribution in [2.24, 2.45) is 0 Å². The first kappa shape index (κ1) is 20.5. The Hall–Kier alpha value is -2.81. The summed E-state index contributed by atoms with van der Waals surface area (Å²) in [7, 11) is 0. The van der Waals surface area contributed by atoms with Crippen LogP contribution in [0, 0.1) is 18.6 Å². The zero-order valence-electron chi connectivity index (χ0n) is 17.8. The number of H-pyrrole nitrogens is 1. The molecule has 0 saturated carbocycles.